The molecule has 4 nitrogen and oxygen atoms in total. The number of aromatic amines is 1. The summed E-state index contributed by atoms with van der Waals surface area (Å²) in [6, 6.07) is 27.9. The number of para-hydroxylation sites is 2. The molecule has 3 aromatic carbocycles. The van der Waals surface area contributed by atoms with Gasteiger partial charge in [-0.25, -0.2) is 0 Å². The number of hydrogen-bond acceptors (Lipinski definition) is 2. The van der Waals surface area contributed by atoms with Crippen LogP contribution < -0.4 is 4.90 Å². The van der Waals surface area contributed by atoms with Crippen LogP contribution in [-0.2, 0) is 11.2 Å². The van der Waals surface area contributed by atoms with Crippen LogP contribution in [0, 0.1) is 0 Å². The van der Waals surface area contributed by atoms with Crippen molar-refractivity contribution < 1.29 is 4.79 Å². The number of rotatable bonds is 2. The zero-order valence-electron chi connectivity index (χ0n) is 16.2. The minimum Gasteiger partial charge on any atom is -0.356 e. The van der Waals surface area contributed by atoms with Gasteiger partial charge in [-0.2, -0.15) is 0 Å². The van der Waals surface area contributed by atoms with E-state index in [1.54, 1.807) is 4.90 Å². The van der Waals surface area contributed by atoms with Gasteiger partial charge in [-0.05, 0) is 41.5 Å². The molecule has 5 heteroatoms. The summed E-state index contributed by atoms with van der Waals surface area (Å²) in [4.78, 5) is 21.0. The summed E-state index contributed by atoms with van der Waals surface area (Å²) >= 11 is 5.90. The van der Waals surface area contributed by atoms with Gasteiger partial charge in [0.1, 0.15) is 6.04 Å². The zero-order valence-corrected chi connectivity index (χ0v) is 17.0. The molecule has 0 bridgehead atoms. The van der Waals surface area contributed by atoms with Crippen molar-refractivity contribution in [3.63, 3.8) is 0 Å². The van der Waals surface area contributed by atoms with Crippen LogP contribution in [0.2, 0.25) is 0 Å². The molecule has 1 N–H and O–H groups in total. The van der Waals surface area contributed by atoms with Gasteiger partial charge in [0, 0.05) is 23.0 Å². The van der Waals surface area contributed by atoms with E-state index in [1.165, 1.54) is 10.9 Å². The molecule has 1 saturated heterocycles. The third-order valence-electron chi connectivity index (χ3n) is 6.18. The second-order valence-electron chi connectivity index (χ2n) is 7.79. The smallest absolute Gasteiger partial charge is 0.256 e. The Morgan fingerprint density at radius 3 is 2.30 bits per heavy atom. The van der Waals surface area contributed by atoms with E-state index < -0.39 is 0 Å². The van der Waals surface area contributed by atoms with Gasteiger partial charge in [-0.3, -0.25) is 9.69 Å². The van der Waals surface area contributed by atoms with Gasteiger partial charge in [0.05, 0.1) is 11.7 Å². The first kappa shape index (κ1) is 17.4. The molecule has 0 radical (unpaired) electrons. The van der Waals surface area contributed by atoms with Gasteiger partial charge in [-0.15, -0.1) is 0 Å². The second-order valence-corrected chi connectivity index (χ2v) is 8.16. The number of benzene rings is 3. The Bertz CT molecular complexity index is 1280. The molecule has 0 saturated carbocycles. The first-order valence-electron chi connectivity index (χ1n) is 10.1. The molecule has 6 rings (SSSR count). The summed E-state index contributed by atoms with van der Waals surface area (Å²) in [7, 11) is 0. The quantitative estimate of drug-likeness (QED) is 0.483. The number of aromatic nitrogens is 1. The number of H-pyrrole nitrogens is 1. The Labute approximate surface area is 179 Å². The molecule has 4 aromatic rings. The van der Waals surface area contributed by atoms with Crippen LogP contribution in [0.5, 0.6) is 0 Å². The molecule has 2 atom stereocenters. The van der Waals surface area contributed by atoms with E-state index >= 15 is 0 Å². The zero-order chi connectivity index (χ0) is 20.2. The SMILES string of the molecule is O=C1[C@@H]2Cc3c([nH]c4ccccc34)[C@H](c3ccccc3)N2C(=S)N1c1ccccc1. The minimum absolute atomic E-state index is 0.0445. The van der Waals surface area contributed by atoms with Gasteiger partial charge < -0.3 is 9.88 Å². The fraction of sp³-hybridized carbons (Fsp3) is 0.120. The molecule has 30 heavy (non-hydrogen) atoms. The van der Waals surface area contributed by atoms with Gasteiger partial charge >= 0.3 is 0 Å². The Kier molecular flexibility index (Phi) is 3.80. The summed E-state index contributed by atoms with van der Waals surface area (Å²) in [5.41, 5.74) is 5.39. The van der Waals surface area contributed by atoms with Crippen LogP contribution in [0.1, 0.15) is 22.9 Å². The molecule has 0 spiro atoms. The fourth-order valence-corrected chi connectivity index (χ4v) is 5.30. The van der Waals surface area contributed by atoms with Crippen LogP contribution in [-0.4, -0.2) is 26.9 Å². The van der Waals surface area contributed by atoms with Gasteiger partial charge in [0.25, 0.3) is 5.91 Å². The highest BCUT2D eigenvalue weighted by Gasteiger charge is 2.50. The number of carbonyl (C=O) groups is 1. The summed E-state index contributed by atoms with van der Waals surface area (Å²) in [6.45, 7) is 0. The van der Waals surface area contributed by atoms with Crippen molar-refractivity contribution in [3.8, 4) is 0 Å². The molecular formula is C25H19N3OS. The van der Waals surface area contributed by atoms with Crippen LogP contribution in [0.3, 0.4) is 0 Å². The molecule has 3 heterocycles. The lowest BCUT2D eigenvalue weighted by atomic mass is 9.89. The number of nitrogens with zero attached hydrogens (tertiary/aromatic N) is 2. The van der Waals surface area contributed by atoms with E-state index in [2.05, 4.69) is 40.2 Å². The number of carbonyl (C=O) groups excluding carboxylic acids is 1. The maximum Gasteiger partial charge on any atom is 0.256 e. The molecule has 1 amide bonds. The highest BCUT2D eigenvalue weighted by Crippen LogP contribution is 2.44. The van der Waals surface area contributed by atoms with Crippen LogP contribution in [0.4, 0.5) is 5.69 Å². The summed E-state index contributed by atoms with van der Waals surface area (Å²) in [5.74, 6) is 0.0445. The molecule has 1 aromatic heterocycles. The molecule has 146 valence electrons. The predicted molar refractivity (Wildman–Crippen MR) is 122 cm³/mol. The topological polar surface area (TPSA) is 39.3 Å². The van der Waals surface area contributed by atoms with Crippen molar-refractivity contribution in [1.29, 1.82) is 0 Å². The fourth-order valence-electron chi connectivity index (χ4n) is 4.87. The van der Waals surface area contributed by atoms with Gasteiger partial charge in [-0.1, -0.05) is 66.7 Å². The largest absolute Gasteiger partial charge is 0.356 e. The highest BCUT2D eigenvalue weighted by atomic mass is 32.1. The first-order chi connectivity index (χ1) is 14.7. The Morgan fingerprint density at radius 1 is 0.867 bits per heavy atom. The van der Waals surface area contributed by atoms with Crippen molar-refractivity contribution in [2.45, 2.75) is 18.5 Å². The third-order valence-corrected chi connectivity index (χ3v) is 6.57. The monoisotopic (exact) mass is 409 g/mol. The number of nitrogens with one attached hydrogen (secondary N) is 1. The number of hydrogen-bond donors (Lipinski definition) is 1. The van der Waals surface area contributed by atoms with Crippen molar-refractivity contribution >= 4 is 39.8 Å². The van der Waals surface area contributed by atoms with Crippen molar-refractivity contribution in [1.82, 2.24) is 9.88 Å². The third kappa shape index (κ3) is 2.39. The normalized spacial score (nSPS) is 20.5. The summed E-state index contributed by atoms with van der Waals surface area (Å²) in [5, 5.41) is 1.75. The number of thiocarbonyl (C=S) groups is 1. The second kappa shape index (κ2) is 6.54. The van der Waals surface area contributed by atoms with E-state index in [0.29, 0.717) is 11.5 Å². The van der Waals surface area contributed by atoms with E-state index in [-0.39, 0.29) is 18.0 Å². The number of amides is 1. The average Bonchev–Trinajstić information content (AvgIpc) is 3.28. The Morgan fingerprint density at radius 2 is 1.53 bits per heavy atom. The average molecular weight is 410 g/mol. The minimum atomic E-state index is -0.311. The number of fused-ring (bicyclic) bond motifs is 4. The molecule has 2 aliphatic heterocycles. The van der Waals surface area contributed by atoms with E-state index in [9.17, 15) is 4.79 Å². The van der Waals surface area contributed by atoms with E-state index in [1.807, 2.05) is 54.6 Å². The molecule has 1 fully saturated rings. The maximum absolute atomic E-state index is 13.6. The van der Waals surface area contributed by atoms with Gasteiger partial charge in [0.2, 0.25) is 0 Å². The van der Waals surface area contributed by atoms with Crippen LogP contribution >= 0.6 is 12.2 Å². The highest BCUT2D eigenvalue weighted by molar-refractivity contribution is 7.80. The maximum atomic E-state index is 13.6. The summed E-state index contributed by atoms with van der Waals surface area (Å²) < 4.78 is 0. The van der Waals surface area contributed by atoms with Crippen molar-refractivity contribution in [2.24, 2.45) is 0 Å². The molecule has 2 aliphatic rings. The lowest BCUT2D eigenvalue weighted by Gasteiger charge is -2.37. The van der Waals surface area contributed by atoms with Gasteiger partial charge in [0.15, 0.2) is 5.11 Å². The Balaban J connectivity index is 1.56. The summed E-state index contributed by atoms with van der Waals surface area (Å²) in [6.07, 6.45) is 0.644. The predicted octanol–water partition coefficient (Wildman–Crippen LogP) is 4.82. The van der Waals surface area contributed by atoms with E-state index in [0.717, 1.165) is 22.5 Å². The van der Waals surface area contributed by atoms with Crippen molar-refractivity contribution in [3.05, 3.63) is 102 Å². The van der Waals surface area contributed by atoms with Crippen LogP contribution in [0.25, 0.3) is 10.9 Å². The lowest BCUT2D eigenvalue weighted by molar-refractivity contribution is -0.120. The van der Waals surface area contributed by atoms with Crippen LogP contribution in [0.15, 0.2) is 84.9 Å². The number of anilines is 1. The van der Waals surface area contributed by atoms with E-state index in [4.69, 9.17) is 12.2 Å². The molecule has 0 aliphatic carbocycles. The molecule has 0 unspecified atom stereocenters. The Hall–Kier alpha value is -3.44. The lowest BCUT2D eigenvalue weighted by Crippen LogP contribution is -2.44. The standard InChI is InChI=1S/C25H19N3OS/c29-24-21-15-19-18-13-7-8-14-20(18)26-22(19)23(16-9-3-1-4-10-16)28(21)25(30)27(24)17-11-5-2-6-12-17/h1-14,21,23,26H,15H2/t21-,23-/m0/s1. The molecular weight excluding hydrogens is 390 g/mol. The first-order valence-corrected chi connectivity index (χ1v) is 10.5. The van der Waals surface area contributed by atoms with Crippen molar-refractivity contribution in [2.75, 3.05) is 4.90 Å².